The van der Waals surface area contributed by atoms with Gasteiger partial charge in [0.05, 0.1) is 17.7 Å². The van der Waals surface area contributed by atoms with Gasteiger partial charge in [0.2, 0.25) is 5.95 Å². The number of nitrogen functional groups attached to an aromatic ring is 1. The van der Waals surface area contributed by atoms with Gasteiger partial charge in [0, 0.05) is 11.9 Å². The third kappa shape index (κ3) is 3.68. The summed E-state index contributed by atoms with van der Waals surface area (Å²) < 4.78 is 43.6. The molecule has 1 atom stereocenters. The second-order valence-corrected chi connectivity index (χ2v) is 5.49. The van der Waals surface area contributed by atoms with Crippen LogP contribution in [0, 0.1) is 5.41 Å². The van der Waals surface area contributed by atoms with Gasteiger partial charge in [-0.25, -0.2) is 0 Å². The zero-order valence-corrected chi connectivity index (χ0v) is 13.3. The number of nitrogens with one attached hydrogen (secondary N) is 2. The van der Waals surface area contributed by atoms with E-state index < -0.39 is 18.0 Å². The van der Waals surface area contributed by atoms with E-state index in [0.29, 0.717) is 0 Å². The lowest BCUT2D eigenvalue weighted by Gasteiger charge is -2.19. The molecule has 8 nitrogen and oxygen atoms in total. The Morgan fingerprint density at radius 3 is 2.77 bits per heavy atom. The van der Waals surface area contributed by atoms with Crippen LogP contribution in [-0.2, 0) is 10.9 Å². The number of aromatic nitrogens is 2. The monoisotopic (exact) mass is 368 g/mol. The van der Waals surface area contributed by atoms with Crippen molar-refractivity contribution in [1.82, 2.24) is 9.97 Å². The molecular weight excluding hydrogens is 353 g/mol. The van der Waals surface area contributed by atoms with Crippen LogP contribution in [0.4, 0.5) is 36.4 Å². The number of aliphatic hydroxyl groups excluding tert-OH is 1. The number of anilines is 4. The quantitative estimate of drug-likeness (QED) is 0.609. The number of halogens is 3. The largest absolute Gasteiger partial charge is 0.416 e. The summed E-state index contributed by atoms with van der Waals surface area (Å²) in [7, 11) is 0. The highest BCUT2D eigenvalue weighted by molar-refractivity contribution is 5.92. The van der Waals surface area contributed by atoms with Gasteiger partial charge >= 0.3 is 6.18 Å². The number of hydrogen-bond acceptors (Lipinski definition) is 8. The topological polar surface area (TPSA) is 120 Å². The van der Waals surface area contributed by atoms with Crippen molar-refractivity contribution in [1.29, 1.82) is 5.41 Å². The van der Waals surface area contributed by atoms with Crippen LogP contribution in [0.15, 0.2) is 24.3 Å². The fourth-order valence-corrected chi connectivity index (χ4v) is 2.47. The van der Waals surface area contributed by atoms with E-state index in [2.05, 4.69) is 15.3 Å². The molecule has 0 saturated carbocycles. The van der Waals surface area contributed by atoms with Gasteiger partial charge in [0.15, 0.2) is 6.29 Å². The van der Waals surface area contributed by atoms with E-state index in [-0.39, 0.29) is 42.1 Å². The zero-order valence-electron chi connectivity index (χ0n) is 13.3. The number of nitrogens with zero attached hydrogens (tertiary/aromatic N) is 3. The summed E-state index contributed by atoms with van der Waals surface area (Å²) in [6.45, 7) is 0.141. The number of benzene rings is 1. The predicted octanol–water partition coefficient (Wildman–Crippen LogP) is 1.93. The molecule has 2 aromatic rings. The van der Waals surface area contributed by atoms with E-state index >= 15 is 0 Å². The molecule has 3 rings (SSSR count). The third-order valence-electron chi connectivity index (χ3n) is 3.64. The number of ether oxygens (including phenoxy) is 1. The minimum Gasteiger partial charge on any atom is -0.368 e. The molecule has 0 aliphatic carbocycles. The Morgan fingerprint density at radius 1 is 1.38 bits per heavy atom. The first-order chi connectivity index (χ1) is 12.3. The average Bonchev–Trinajstić information content (AvgIpc) is 3.00. The average molecular weight is 368 g/mol. The molecule has 1 aliphatic heterocycles. The molecule has 1 aliphatic rings. The minimum atomic E-state index is -4.49. The van der Waals surface area contributed by atoms with Crippen LogP contribution in [0.1, 0.15) is 11.1 Å². The highest BCUT2D eigenvalue weighted by Gasteiger charge is 2.30. The number of β-amino-alcohol motifs (C(OH)–C–C–N with tert-alkyl or cyclic N) is 1. The van der Waals surface area contributed by atoms with Crippen LogP contribution >= 0.6 is 0 Å². The maximum atomic E-state index is 12.9. The Kier molecular flexibility index (Phi) is 4.66. The first-order valence-corrected chi connectivity index (χ1v) is 7.45. The summed E-state index contributed by atoms with van der Waals surface area (Å²) in [6, 6.07) is 4.56. The molecule has 138 valence electrons. The number of hydrogen-bond donors (Lipinski definition) is 4. The first kappa shape index (κ1) is 17.9. The minimum absolute atomic E-state index is 0.0292. The Balaban J connectivity index is 1.98. The second-order valence-electron chi connectivity index (χ2n) is 5.49. The summed E-state index contributed by atoms with van der Waals surface area (Å²) in [5.74, 6) is 0.170. The first-order valence-electron chi connectivity index (χ1n) is 7.45. The summed E-state index contributed by atoms with van der Waals surface area (Å²) in [5, 5.41) is 19.8. The third-order valence-corrected chi connectivity index (χ3v) is 3.64. The molecule has 1 fully saturated rings. The van der Waals surface area contributed by atoms with Gasteiger partial charge in [0.1, 0.15) is 18.4 Å². The van der Waals surface area contributed by atoms with Crippen molar-refractivity contribution in [3.8, 4) is 0 Å². The number of rotatable bonds is 4. The van der Waals surface area contributed by atoms with Gasteiger partial charge in [-0.3, -0.25) is 0 Å². The van der Waals surface area contributed by atoms with E-state index in [1.165, 1.54) is 12.1 Å². The summed E-state index contributed by atoms with van der Waals surface area (Å²) in [4.78, 5) is 9.57. The molecule has 1 aromatic carbocycles. The molecule has 0 amide bonds. The van der Waals surface area contributed by atoms with Crippen molar-refractivity contribution >= 4 is 29.5 Å². The summed E-state index contributed by atoms with van der Waals surface area (Å²) in [6.07, 6.45) is -4.54. The lowest BCUT2D eigenvalue weighted by molar-refractivity contribution is -0.137. The molecule has 26 heavy (non-hydrogen) atoms. The standard InChI is InChI=1S/C15H15F3N6O2/c16-15(17,18)8-2-1-3-9(4-8)21-12-10(5-19)13(23-14(20)22-12)24-6-11(25)26-7-24/h1-5,11,19,25H,6-7H2,(H3,20,21,22,23). The molecule has 1 aromatic heterocycles. The predicted molar refractivity (Wildman–Crippen MR) is 88.4 cm³/mol. The lowest BCUT2D eigenvalue weighted by Crippen LogP contribution is -2.25. The van der Waals surface area contributed by atoms with Gasteiger partial charge in [-0.15, -0.1) is 0 Å². The lowest BCUT2D eigenvalue weighted by atomic mass is 10.2. The van der Waals surface area contributed by atoms with E-state index in [1.807, 2.05) is 0 Å². The molecule has 11 heteroatoms. The fourth-order valence-electron chi connectivity index (χ4n) is 2.47. The Hall–Kier alpha value is -2.92. The van der Waals surface area contributed by atoms with Crippen LogP contribution < -0.4 is 16.0 Å². The molecule has 5 N–H and O–H groups in total. The molecule has 2 heterocycles. The van der Waals surface area contributed by atoms with Crippen molar-refractivity contribution in [3.63, 3.8) is 0 Å². The molecule has 0 bridgehead atoms. The summed E-state index contributed by atoms with van der Waals surface area (Å²) in [5.41, 5.74) is 5.20. The SMILES string of the molecule is N=Cc1c(Nc2cccc(C(F)(F)F)c2)nc(N)nc1N1COC(O)C1. The number of nitrogens with two attached hydrogens (primary N) is 1. The fraction of sp³-hybridized carbons (Fsp3) is 0.267. The smallest absolute Gasteiger partial charge is 0.368 e. The van der Waals surface area contributed by atoms with Gasteiger partial charge in [-0.05, 0) is 18.2 Å². The highest BCUT2D eigenvalue weighted by Crippen LogP contribution is 2.32. The Bertz CT molecular complexity index is 830. The molecule has 1 unspecified atom stereocenters. The van der Waals surface area contributed by atoms with Crippen LogP contribution in [0.25, 0.3) is 0 Å². The van der Waals surface area contributed by atoms with Crippen LogP contribution in [0.2, 0.25) is 0 Å². The molecule has 1 saturated heterocycles. The summed E-state index contributed by atoms with van der Waals surface area (Å²) >= 11 is 0. The van der Waals surface area contributed by atoms with Gasteiger partial charge in [0.25, 0.3) is 0 Å². The van der Waals surface area contributed by atoms with E-state index in [9.17, 15) is 18.3 Å². The van der Waals surface area contributed by atoms with E-state index in [4.69, 9.17) is 15.9 Å². The van der Waals surface area contributed by atoms with Crippen molar-refractivity contribution in [2.24, 2.45) is 0 Å². The van der Waals surface area contributed by atoms with E-state index in [0.717, 1.165) is 18.3 Å². The van der Waals surface area contributed by atoms with E-state index in [1.54, 1.807) is 4.90 Å². The second kappa shape index (κ2) is 6.77. The maximum Gasteiger partial charge on any atom is 0.416 e. The van der Waals surface area contributed by atoms with Crippen molar-refractivity contribution in [2.75, 3.05) is 29.2 Å². The van der Waals surface area contributed by atoms with Gasteiger partial charge in [-0.1, -0.05) is 6.07 Å². The van der Waals surface area contributed by atoms with Crippen LogP contribution in [0.3, 0.4) is 0 Å². The van der Waals surface area contributed by atoms with Gasteiger partial charge < -0.3 is 31.2 Å². The van der Waals surface area contributed by atoms with Crippen molar-refractivity contribution in [2.45, 2.75) is 12.5 Å². The molecular formula is C15H15F3N6O2. The van der Waals surface area contributed by atoms with Crippen LogP contribution in [-0.4, -0.2) is 40.9 Å². The molecule has 0 spiro atoms. The van der Waals surface area contributed by atoms with Crippen molar-refractivity contribution < 1.29 is 23.0 Å². The normalized spacial score (nSPS) is 17.4. The Labute approximate surface area is 145 Å². The maximum absolute atomic E-state index is 12.9. The van der Waals surface area contributed by atoms with Crippen molar-refractivity contribution in [3.05, 3.63) is 35.4 Å². The Morgan fingerprint density at radius 2 is 2.15 bits per heavy atom. The zero-order chi connectivity index (χ0) is 18.9. The number of alkyl halides is 3. The molecule has 0 radical (unpaired) electrons. The van der Waals surface area contributed by atoms with Crippen LogP contribution in [0.5, 0.6) is 0 Å². The van der Waals surface area contributed by atoms with Gasteiger partial charge in [-0.2, -0.15) is 23.1 Å². The highest BCUT2D eigenvalue weighted by atomic mass is 19.4. The number of aliphatic hydroxyl groups is 1.